The summed E-state index contributed by atoms with van der Waals surface area (Å²) in [6.07, 6.45) is 0. The zero-order chi connectivity index (χ0) is 13.2. The molecule has 0 unspecified atom stereocenters. The maximum atomic E-state index is 12.9. The van der Waals surface area contributed by atoms with Crippen LogP contribution in [0.4, 0.5) is 14.5 Å². The summed E-state index contributed by atoms with van der Waals surface area (Å²) < 4.78 is 54.3. The smallest absolute Gasteiger partial charge is 0.160 e. The summed E-state index contributed by atoms with van der Waals surface area (Å²) in [5.41, 5.74) is -0.234. The van der Waals surface area contributed by atoms with Crippen LogP contribution in [-0.2, 0) is 10.2 Å². The number of hydrogen-bond acceptors (Lipinski definition) is 2. The summed E-state index contributed by atoms with van der Waals surface area (Å²) in [4.78, 5) is 0. The van der Waals surface area contributed by atoms with Gasteiger partial charge in [-0.15, -0.1) is 5.69 Å². The molecule has 2 N–H and O–H groups in total. The molecule has 1 aromatic carbocycles. The topological polar surface area (TPSA) is 68.1 Å². The molecule has 0 aromatic heterocycles. The highest BCUT2D eigenvalue weighted by molar-refractivity contribution is 7.92. The monoisotopic (exact) mass is 277 g/mol. The van der Waals surface area contributed by atoms with Crippen LogP contribution in [-0.4, -0.2) is 38.9 Å². The maximum Gasteiger partial charge on any atom is 0.160 e. The van der Waals surface area contributed by atoms with Crippen LogP contribution in [0.2, 0.25) is 0 Å². The second-order valence-electron chi connectivity index (χ2n) is 3.96. The van der Waals surface area contributed by atoms with Crippen LogP contribution in [0, 0.1) is 11.6 Å². The highest BCUT2D eigenvalue weighted by Crippen LogP contribution is 2.26. The number of quaternary nitrogens is 1. The Morgan fingerprint density at radius 2 is 1.67 bits per heavy atom. The van der Waals surface area contributed by atoms with Crippen LogP contribution >= 0.6 is 0 Å². The van der Waals surface area contributed by atoms with Crippen LogP contribution in [0.15, 0.2) is 18.2 Å². The van der Waals surface area contributed by atoms with Crippen LogP contribution in [0.25, 0.3) is 4.72 Å². The molecule has 0 radical (unpaired) electrons. The molecule has 1 aromatic rings. The highest BCUT2D eigenvalue weighted by Gasteiger charge is 2.19. The van der Waals surface area contributed by atoms with Crippen molar-refractivity contribution in [2.24, 2.45) is 0 Å². The summed E-state index contributed by atoms with van der Waals surface area (Å²) in [6.45, 7) is 2.02. The zero-order valence-corrected chi connectivity index (χ0v) is 10.3. The van der Waals surface area contributed by atoms with Crippen LogP contribution in [0.3, 0.4) is 0 Å². The SMILES string of the molecule is O=S(=O)([N-]c1cc(F)cc(F)c1)N1CC[NH2+]CC1. The van der Waals surface area contributed by atoms with Gasteiger partial charge in [0.2, 0.25) is 0 Å². The van der Waals surface area contributed by atoms with Gasteiger partial charge < -0.3 is 10.0 Å². The van der Waals surface area contributed by atoms with Crippen molar-refractivity contribution in [3.05, 3.63) is 34.6 Å². The fourth-order valence-electron chi connectivity index (χ4n) is 1.74. The summed E-state index contributed by atoms with van der Waals surface area (Å²) >= 11 is 0. The lowest BCUT2D eigenvalue weighted by molar-refractivity contribution is -0.661. The van der Waals surface area contributed by atoms with Crippen molar-refractivity contribution in [1.82, 2.24) is 4.31 Å². The zero-order valence-electron chi connectivity index (χ0n) is 9.51. The van der Waals surface area contributed by atoms with Gasteiger partial charge in [0.15, 0.2) is 10.2 Å². The first-order chi connectivity index (χ1) is 8.47. The molecule has 18 heavy (non-hydrogen) atoms. The molecule has 0 atom stereocenters. The van der Waals surface area contributed by atoms with Gasteiger partial charge in [-0.3, -0.25) is 0 Å². The Labute approximate surface area is 104 Å². The fraction of sp³-hybridized carbons (Fsp3) is 0.400. The molecule has 0 saturated carbocycles. The number of benzene rings is 1. The van der Waals surface area contributed by atoms with Crippen LogP contribution in [0.1, 0.15) is 0 Å². The lowest BCUT2D eigenvalue weighted by Crippen LogP contribution is -2.89. The van der Waals surface area contributed by atoms with Gasteiger partial charge in [-0.1, -0.05) is 0 Å². The summed E-state index contributed by atoms with van der Waals surface area (Å²) in [5.74, 6) is -1.70. The normalized spacial score (nSPS) is 17.7. The molecule has 1 aliphatic rings. The van der Waals surface area contributed by atoms with E-state index in [2.05, 4.69) is 4.72 Å². The van der Waals surface area contributed by atoms with E-state index in [1.165, 1.54) is 4.31 Å². The Hall–Kier alpha value is -1.25. The van der Waals surface area contributed by atoms with E-state index >= 15 is 0 Å². The molecule has 0 bridgehead atoms. The standard InChI is InChI=1S/C10H12F2N3O2S/c11-8-5-9(12)7-10(6-8)14-18(16,17)15-3-1-13-2-4-15/h5-7,13H,1-4H2/q-1/p+1. The number of halogens is 2. The van der Waals surface area contributed by atoms with Crippen LogP contribution in [0.5, 0.6) is 0 Å². The molecule has 8 heteroatoms. The summed E-state index contributed by atoms with van der Waals surface area (Å²) in [7, 11) is -3.86. The Bertz CT molecular complexity index is 510. The van der Waals surface area contributed by atoms with Gasteiger partial charge in [0.1, 0.15) is 11.6 Å². The quantitative estimate of drug-likeness (QED) is 0.851. The van der Waals surface area contributed by atoms with Gasteiger partial charge in [0, 0.05) is 6.07 Å². The summed E-state index contributed by atoms with van der Waals surface area (Å²) in [5, 5.41) is 1.99. The second kappa shape index (κ2) is 5.17. The fourth-order valence-corrected chi connectivity index (χ4v) is 2.90. The van der Waals surface area contributed by atoms with E-state index in [0.717, 1.165) is 12.1 Å². The first kappa shape index (κ1) is 13.2. The molecule has 1 heterocycles. The van der Waals surface area contributed by atoms with Gasteiger partial charge in [-0.2, -0.15) is 0 Å². The highest BCUT2D eigenvalue weighted by atomic mass is 32.2. The third-order valence-electron chi connectivity index (χ3n) is 2.56. The van der Waals surface area contributed by atoms with Crippen molar-refractivity contribution in [3.8, 4) is 0 Å². The van der Waals surface area contributed by atoms with Crippen LogP contribution < -0.4 is 5.32 Å². The maximum absolute atomic E-state index is 12.9. The molecule has 100 valence electrons. The Morgan fingerprint density at radius 1 is 1.11 bits per heavy atom. The van der Waals surface area contributed by atoms with E-state index in [1.54, 1.807) is 0 Å². The second-order valence-corrected chi connectivity index (χ2v) is 5.56. The van der Waals surface area contributed by atoms with Gasteiger partial charge >= 0.3 is 0 Å². The lowest BCUT2D eigenvalue weighted by Gasteiger charge is -2.32. The van der Waals surface area contributed by atoms with Crippen molar-refractivity contribution in [3.63, 3.8) is 0 Å². The molecule has 0 amide bonds. The van der Waals surface area contributed by atoms with E-state index in [0.29, 0.717) is 32.2 Å². The number of hydrogen-bond donors (Lipinski definition) is 1. The van der Waals surface area contributed by atoms with Crippen molar-refractivity contribution in [2.75, 3.05) is 26.2 Å². The molecule has 5 nitrogen and oxygen atoms in total. The van der Waals surface area contributed by atoms with E-state index in [4.69, 9.17) is 0 Å². The minimum Gasteiger partial charge on any atom is -0.563 e. The Kier molecular flexibility index (Phi) is 3.79. The average molecular weight is 277 g/mol. The minimum atomic E-state index is -3.86. The number of piperazine rings is 1. The molecular formula is C10H13F2N3O2S. The van der Waals surface area contributed by atoms with Gasteiger partial charge in [0.25, 0.3) is 0 Å². The van der Waals surface area contributed by atoms with E-state index < -0.39 is 21.8 Å². The number of rotatable bonds is 3. The van der Waals surface area contributed by atoms with Crippen molar-refractivity contribution in [2.45, 2.75) is 0 Å². The first-order valence-corrected chi connectivity index (χ1v) is 6.88. The molecule has 1 aliphatic heterocycles. The van der Waals surface area contributed by atoms with E-state index in [-0.39, 0.29) is 5.69 Å². The first-order valence-electron chi connectivity index (χ1n) is 5.48. The third kappa shape index (κ3) is 3.15. The predicted molar refractivity (Wildman–Crippen MR) is 61.5 cm³/mol. The number of nitrogens with two attached hydrogens (primary N) is 1. The van der Waals surface area contributed by atoms with E-state index in [9.17, 15) is 17.2 Å². The van der Waals surface area contributed by atoms with Crippen molar-refractivity contribution >= 4 is 15.9 Å². The lowest BCUT2D eigenvalue weighted by atomic mass is 10.3. The molecule has 0 aliphatic carbocycles. The van der Waals surface area contributed by atoms with Gasteiger partial charge in [-0.25, -0.2) is 21.5 Å². The third-order valence-corrected chi connectivity index (χ3v) is 4.02. The predicted octanol–water partition coefficient (Wildman–Crippen LogP) is 0.0938. The minimum absolute atomic E-state index is 0.234. The van der Waals surface area contributed by atoms with E-state index in [1.807, 2.05) is 5.32 Å². The van der Waals surface area contributed by atoms with Gasteiger partial charge in [-0.05, 0) is 12.1 Å². The molecule has 1 saturated heterocycles. The van der Waals surface area contributed by atoms with Crippen molar-refractivity contribution in [1.29, 1.82) is 0 Å². The van der Waals surface area contributed by atoms with Crippen molar-refractivity contribution < 1.29 is 22.5 Å². The molecule has 1 fully saturated rings. The summed E-state index contributed by atoms with van der Waals surface area (Å²) in [6, 6.07) is 2.44. The number of nitrogens with zero attached hydrogens (tertiary/aromatic N) is 2. The molecule has 0 spiro atoms. The average Bonchev–Trinajstić information content (AvgIpc) is 2.28. The van der Waals surface area contributed by atoms with Gasteiger partial charge in [0.05, 0.1) is 26.2 Å². The Balaban J connectivity index is 2.16. The molecular weight excluding hydrogens is 264 g/mol. The molecule has 2 rings (SSSR count). The Morgan fingerprint density at radius 3 is 2.22 bits per heavy atom. The largest absolute Gasteiger partial charge is 0.563 e.